The van der Waals surface area contributed by atoms with Gasteiger partial charge in [0, 0.05) is 25.5 Å². The average Bonchev–Trinajstić information content (AvgIpc) is 3.03. The van der Waals surface area contributed by atoms with Gasteiger partial charge < -0.3 is 59.3 Å². The first-order valence-corrected chi connectivity index (χ1v) is 18.2. The van der Waals surface area contributed by atoms with Crippen LogP contribution < -0.4 is 10.4 Å². The molecule has 13 nitrogen and oxygen atoms in total. The molecule has 288 valence electrons. The highest BCUT2D eigenvalue weighted by Gasteiger charge is 2.51. The molecule has 0 amide bonds. The Bertz CT molecular complexity index is 1050. The van der Waals surface area contributed by atoms with Gasteiger partial charge >= 0.3 is 5.97 Å². The molecule has 3 heterocycles. The maximum absolute atomic E-state index is 14.1. The number of hydrogen-bond acceptors (Lipinski definition) is 13. The number of methoxy groups -OCH3 is 1. The van der Waals surface area contributed by atoms with E-state index in [4.69, 9.17) is 28.4 Å². The van der Waals surface area contributed by atoms with E-state index in [1.54, 1.807) is 41.7 Å². The molecule has 0 radical (unpaired) electrons. The van der Waals surface area contributed by atoms with Crippen LogP contribution in [0.2, 0.25) is 0 Å². The zero-order valence-electron chi connectivity index (χ0n) is 31.6. The number of cyclic esters (lactones) is 1. The molecule has 17 atom stereocenters. The molecule has 49 heavy (non-hydrogen) atoms. The number of carbonyl (C=O) groups excluding carboxylic acids is 1. The summed E-state index contributed by atoms with van der Waals surface area (Å²) in [6, 6.07) is -0.578. The molecule has 0 aromatic rings. The molecular weight excluding hydrogens is 638 g/mol. The van der Waals surface area contributed by atoms with Crippen LogP contribution in [0.25, 0.3) is 0 Å². The fourth-order valence-electron chi connectivity index (χ4n) is 8.15. The molecular formula is C36H66NO12-. The second-order valence-corrected chi connectivity index (χ2v) is 15.9. The number of aliphatic hydroxyl groups excluding tert-OH is 2. The van der Waals surface area contributed by atoms with Gasteiger partial charge in [-0.15, -0.1) is 6.61 Å². The van der Waals surface area contributed by atoms with E-state index in [2.05, 4.69) is 5.32 Å². The highest BCUT2D eigenvalue weighted by molar-refractivity contribution is 5.73. The van der Waals surface area contributed by atoms with Crippen molar-refractivity contribution >= 4 is 5.97 Å². The third kappa shape index (κ3) is 9.92. The Hall–Kier alpha value is -0.970. The fourth-order valence-corrected chi connectivity index (χ4v) is 8.15. The predicted octanol–water partition coefficient (Wildman–Crippen LogP) is 1.63. The fraction of sp³-hybridized carbons (Fsp3) is 0.972. The van der Waals surface area contributed by atoms with Crippen molar-refractivity contribution in [1.29, 1.82) is 0 Å². The van der Waals surface area contributed by atoms with Crippen LogP contribution in [0.1, 0.15) is 101 Å². The number of carbonyl (C=O) groups is 1. The quantitative estimate of drug-likeness (QED) is 0.241. The third-order valence-electron chi connectivity index (χ3n) is 11.5. The molecule has 3 aliphatic heterocycles. The Morgan fingerprint density at radius 3 is 2.22 bits per heavy atom. The van der Waals surface area contributed by atoms with Gasteiger partial charge in [-0.1, -0.05) is 20.8 Å². The Kier molecular flexibility index (Phi) is 14.9. The normalized spacial score (nSPS) is 49.8. The summed E-state index contributed by atoms with van der Waals surface area (Å²) in [5.41, 5.74) is -4.18. The van der Waals surface area contributed by atoms with Crippen LogP contribution in [0.3, 0.4) is 0 Å². The zero-order chi connectivity index (χ0) is 37.1. The van der Waals surface area contributed by atoms with Crippen LogP contribution in [-0.2, 0) is 33.2 Å². The summed E-state index contributed by atoms with van der Waals surface area (Å²) >= 11 is 0. The van der Waals surface area contributed by atoms with Crippen molar-refractivity contribution in [1.82, 2.24) is 5.32 Å². The van der Waals surface area contributed by atoms with Crippen LogP contribution in [-0.4, -0.2) is 125 Å². The van der Waals surface area contributed by atoms with E-state index in [1.807, 2.05) is 27.7 Å². The highest BCUT2D eigenvalue weighted by atomic mass is 16.7. The first-order valence-electron chi connectivity index (χ1n) is 18.2. The molecule has 3 aliphatic rings. The average molecular weight is 705 g/mol. The SMILES string of the molecule is CC[C@H]1OC(=O)C(C)[C@@H](O[C@H]2C[C@@](C)(OC)C(C[O-])[C@H](C)O2)[C@H](C)[C@@H](OC2O[C@H](C)CC[C@H]2O)[C@](C)(O)C[C@@H](C)CN[C@H](C)[C@@H](O)[C@]1(C)O. The summed E-state index contributed by atoms with van der Waals surface area (Å²) in [6.07, 6.45) is -6.11. The number of aliphatic hydroxyl groups is 4. The second-order valence-electron chi connectivity index (χ2n) is 15.9. The van der Waals surface area contributed by atoms with Crippen molar-refractivity contribution in [3.63, 3.8) is 0 Å². The van der Waals surface area contributed by atoms with E-state index < -0.39 is 102 Å². The van der Waals surface area contributed by atoms with Gasteiger partial charge in [0.2, 0.25) is 0 Å². The van der Waals surface area contributed by atoms with Crippen LogP contribution in [0.5, 0.6) is 0 Å². The lowest BCUT2D eigenvalue weighted by molar-refractivity contribution is -0.406. The van der Waals surface area contributed by atoms with E-state index in [-0.39, 0.29) is 31.3 Å². The van der Waals surface area contributed by atoms with Gasteiger partial charge in [0.05, 0.1) is 41.5 Å². The Morgan fingerprint density at radius 2 is 1.63 bits per heavy atom. The Morgan fingerprint density at radius 1 is 0.980 bits per heavy atom. The van der Waals surface area contributed by atoms with E-state index in [9.17, 15) is 30.3 Å². The van der Waals surface area contributed by atoms with Crippen molar-refractivity contribution in [3.8, 4) is 0 Å². The Labute approximate surface area is 293 Å². The van der Waals surface area contributed by atoms with Crippen molar-refractivity contribution in [2.24, 2.45) is 23.7 Å². The van der Waals surface area contributed by atoms with E-state index in [1.165, 1.54) is 6.92 Å². The number of nitrogens with one attached hydrogen (secondary N) is 1. The zero-order valence-corrected chi connectivity index (χ0v) is 31.6. The monoisotopic (exact) mass is 704 g/mol. The van der Waals surface area contributed by atoms with Crippen LogP contribution in [0.4, 0.5) is 0 Å². The first kappa shape index (κ1) is 42.4. The smallest absolute Gasteiger partial charge is 0.311 e. The van der Waals surface area contributed by atoms with Gasteiger partial charge in [-0.2, -0.15) is 0 Å². The third-order valence-corrected chi connectivity index (χ3v) is 11.5. The summed E-state index contributed by atoms with van der Waals surface area (Å²) in [6.45, 7) is 17.6. The molecule has 3 fully saturated rings. The van der Waals surface area contributed by atoms with Crippen molar-refractivity contribution in [3.05, 3.63) is 0 Å². The number of esters is 1. The predicted molar refractivity (Wildman–Crippen MR) is 179 cm³/mol. The number of rotatable bonds is 7. The van der Waals surface area contributed by atoms with E-state index >= 15 is 0 Å². The molecule has 0 bridgehead atoms. The minimum Gasteiger partial charge on any atom is -0.854 e. The summed E-state index contributed by atoms with van der Waals surface area (Å²) < 4.78 is 37.3. The maximum Gasteiger partial charge on any atom is 0.311 e. The lowest BCUT2D eigenvalue weighted by Crippen LogP contribution is -2.59. The lowest BCUT2D eigenvalue weighted by Gasteiger charge is -2.50. The molecule has 3 unspecified atom stereocenters. The minimum atomic E-state index is -1.79. The molecule has 5 N–H and O–H groups in total. The van der Waals surface area contributed by atoms with Crippen molar-refractivity contribution < 1.29 is 58.7 Å². The van der Waals surface area contributed by atoms with Gasteiger partial charge in [0.15, 0.2) is 12.6 Å². The van der Waals surface area contributed by atoms with Crippen LogP contribution >= 0.6 is 0 Å². The van der Waals surface area contributed by atoms with Crippen molar-refractivity contribution in [2.45, 2.75) is 179 Å². The molecule has 0 saturated carbocycles. The Balaban J connectivity index is 2.12. The van der Waals surface area contributed by atoms with Crippen LogP contribution in [0.15, 0.2) is 0 Å². The first-order chi connectivity index (χ1) is 22.7. The summed E-state index contributed by atoms with van der Waals surface area (Å²) in [5, 5.41) is 61.4. The molecule has 13 heteroatoms. The number of hydrogen-bond donors (Lipinski definition) is 5. The summed E-state index contributed by atoms with van der Waals surface area (Å²) in [4.78, 5) is 14.1. The summed E-state index contributed by atoms with van der Waals surface area (Å²) in [7, 11) is 1.55. The molecule has 0 aromatic heterocycles. The largest absolute Gasteiger partial charge is 0.854 e. The van der Waals surface area contributed by atoms with Gasteiger partial charge in [-0.3, -0.25) is 4.79 Å². The van der Waals surface area contributed by atoms with Gasteiger partial charge in [-0.25, -0.2) is 0 Å². The molecule has 3 rings (SSSR count). The van der Waals surface area contributed by atoms with Gasteiger partial charge in [0.1, 0.15) is 23.9 Å². The minimum absolute atomic E-state index is 0.139. The van der Waals surface area contributed by atoms with Gasteiger partial charge in [-0.05, 0) is 92.5 Å². The topological polar surface area (TPSA) is 188 Å². The summed E-state index contributed by atoms with van der Waals surface area (Å²) in [5.74, 6) is -2.97. The standard InChI is InChI=1S/C36H66NO12/c1-12-27-36(10,43)30(40)23(6)37-17-19(2)15-34(8,42)31(49-33-26(39)14-13-20(3)45-33)21(4)29(22(5)32(41)47-27)48-28-16-35(9,44-11)25(18-38)24(7)46-28/h19-31,33,37,39-40,42-43H,12-18H2,1-11H3/q-1/t19-,20-,21+,22?,23-,24+,25?,26-,27-,28+,29+,30-,31-,33?,34-,35-,36-/m1/s1. The second kappa shape index (κ2) is 17.2. The van der Waals surface area contributed by atoms with Gasteiger partial charge in [0.25, 0.3) is 0 Å². The van der Waals surface area contributed by atoms with Crippen molar-refractivity contribution in [2.75, 3.05) is 20.3 Å². The van der Waals surface area contributed by atoms with E-state index in [0.717, 1.165) is 0 Å². The molecule has 0 aliphatic carbocycles. The number of ether oxygens (including phenoxy) is 6. The van der Waals surface area contributed by atoms with E-state index in [0.29, 0.717) is 19.4 Å². The highest BCUT2D eigenvalue weighted by Crippen LogP contribution is 2.41. The maximum atomic E-state index is 14.1. The molecule has 3 saturated heterocycles. The lowest BCUT2D eigenvalue weighted by atomic mass is 9.77. The van der Waals surface area contributed by atoms with Crippen LogP contribution in [0, 0.1) is 23.7 Å². The molecule has 0 aromatic carbocycles. The molecule has 0 spiro atoms.